The normalized spacial score (nSPS) is 15.6. The minimum Gasteiger partial charge on any atom is -0.370 e. The third kappa shape index (κ3) is 5.20. The Labute approximate surface area is 166 Å². The molecule has 0 atom stereocenters. The summed E-state index contributed by atoms with van der Waals surface area (Å²) in [6, 6.07) is 3.97. The van der Waals surface area contributed by atoms with Crippen molar-refractivity contribution in [2.24, 2.45) is 10.7 Å². The molecule has 23 heavy (non-hydrogen) atoms. The van der Waals surface area contributed by atoms with Crippen LogP contribution in [0.1, 0.15) is 4.88 Å². The summed E-state index contributed by atoms with van der Waals surface area (Å²) in [5.41, 5.74) is 6.10. The lowest BCUT2D eigenvalue weighted by Crippen LogP contribution is -2.51. The Balaban J connectivity index is 0.00000192. The summed E-state index contributed by atoms with van der Waals surface area (Å²) in [6.45, 7) is 4.35. The van der Waals surface area contributed by atoms with E-state index < -0.39 is 0 Å². The predicted molar refractivity (Wildman–Crippen MR) is 111 cm³/mol. The second-order valence-corrected chi connectivity index (χ2v) is 7.66. The number of thiophene rings is 1. The molecule has 2 aromatic rings. The third-order valence-corrected chi connectivity index (χ3v) is 5.68. The maximum Gasteiger partial charge on any atom is 0.191 e. The summed E-state index contributed by atoms with van der Waals surface area (Å²) in [4.78, 5) is 14.5. The Hall–Kier alpha value is -0.580. The van der Waals surface area contributed by atoms with Gasteiger partial charge in [0.1, 0.15) is 0 Å². The highest BCUT2D eigenvalue weighted by Gasteiger charge is 2.19. The Morgan fingerprint density at radius 3 is 2.70 bits per heavy atom. The van der Waals surface area contributed by atoms with Crippen LogP contribution in [0.3, 0.4) is 0 Å². The van der Waals surface area contributed by atoms with Crippen LogP contribution >= 0.6 is 58.3 Å². The lowest BCUT2D eigenvalue weighted by atomic mass is 10.3. The number of hydrogen-bond acceptors (Lipinski definition) is 5. The Bertz CT molecular complexity index is 623. The predicted octanol–water partition coefficient (Wildman–Crippen LogP) is 3.16. The fraction of sp³-hybridized carbons (Fsp3) is 0.429. The molecule has 2 N–H and O–H groups in total. The third-order valence-electron chi connectivity index (χ3n) is 3.55. The van der Waals surface area contributed by atoms with Crippen molar-refractivity contribution < 1.29 is 0 Å². The zero-order chi connectivity index (χ0) is 15.4. The minimum atomic E-state index is 0. The molecule has 0 unspecified atom stereocenters. The van der Waals surface area contributed by atoms with Gasteiger partial charge in [-0.1, -0.05) is 11.6 Å². The molecule has 3 rings (SSSR count). The van der Waals surface area contributed by atoms with Crippen LogP contribution in [0.5, 0.6) is 0 Å². The zero-order valence-corrected chi connectivity index (χ0v) is 17.2. The van der Waals surface area contributed by atoms with Gasteiger partial charge in [0, 0.05) is 55.6 Å². The molecule has 126 valence electrons. The largest absolute Gasteiger partial charge is 0.370 e. The highest BCUT2D eigenvalue weighted by molar-refractivity contribution is 14.0. The maximum absolute atomic E-state index is 6.10. The monoisotopic (exact) mass is 483 g/mol. The smallest absolute Gasteiger partial charge is 0.191 e. The van der Waals surface area contributed by atoms with Crippen molar-refractivity contribution in [1.82, 2.24) is 9.88 Å². The number of nitrogens with two attached hydrogens (primary N) is 1. The van der Waals surface area contributed by atoms with Crippen molar-refractivity contribution in [2.45, 2.75) is 6.42 Å². The van der Waals surface area contributed by atoms with E-state index in [1.54, 1.807) is 22.7 Å². The van der Waals surface area contributed by atoms with Gasteiger partial charge in [-0.25, -0.2) is 4.98 Å². The molecule has 1 aliphatic heterocycles. The standard InChI is InChI=1S/C14H18ClN5S2.HI/c15-12-2-1-11(22-12)3-4-17-13(16)19-6-8-20(9-7-19)14-18-5-10-21-14;/h1-2,5,10H,3-4,6-9H2,(H2,16,17);1H. The second kappa shape index (κ2) is 9.05. The van der Waals surface area contributed by atoms with Gasteiger partial charge in [0.25, 0.3) is 0 Å². The Morgan fingerprint density at radius 2 is 2.09 bits per heavy atom. The van der Waals surface area contributed by atoms with Crippen LogP contribution in [0, 0.1) is 0 Å². The number of anilines is 1. The molecule has 1 fully saturated rings. The van der Waals surface area contributed by atoms with Crippen molar-refractivity contribution in [1.29, 1.82) is 0 Å². The highest BCUT2D eigenvalue weighted by atomic mass is 127. The van der Waals surface area contributed by atoms with Crippen LogP contribution in [0.25, 0.3) is 0 Å². The van der Waals surface area contributed by atoms with Gasteiger partial charge in [-0.2, -0.15) is 0 Å². The van der Waals surface area contributed by atoms with Crippen LogP contribution in [0.15, 0.2) is 28.7 Å². The molecule has 1 saturated heterocycles. The van der Waals surface area contributed by atoms with Crippen molar-refractivity contribution >= 4 is 69.3 Å². The van der Waals surface area contributed by atoms with E-state index in [0.29, 0.717) is 12.5 Å². The summed E-state index contributed by atoms with van der Waals surface area (Å²) in [6.07, 6.45) is 2.73. The molecular weight excluding hydrogens is 465 g/mol. The van der Waals surface area contributed by atoms with Gasteiger partial charge in [-0.05, 0) is 12.1 Å². The average Bonchev–Trinajstić information content (AvgIpc) is 3.19. The zero-order valence-electron chi connectivity index (χ0n) is 12.5. The molecule has 0 radical (unpaired) electrons. The number of aliphatic imine (C=N–C) groups is 1. The summed E-state index contributed by atoms with van der Waals surface area (Å²) in [5.74, 6) is 0.640. The average molecular weight is 484 g/mol. The molecule has 0 bridgehead atoms. The number of rotatable bonds is 4. The van der Waals surface area contributed by atoms with Gasteiger partial charge >= 0.3 is 0 Å². The minimum absolute atomic E-state index is 0. The molecule has 0 spiro atoms. The van der Waals surface area contributed by atoms with E-state index >= 15 is 0 Å². The number of guanidine groups is 1. The quantitative estimate of drug-likeness (QED) is 0.412. The number of hydrogen-bond donors (Lipinski definition) is 1. The first kappa shape index (κ1) is 18.8. The fourth-order valence-corrected chi connectivity index (χ4v) is 4.14. The summed E-state index contributed by atoms with van der Waals surface area (Å²) in [7, 11) is 0. The van der Waals surface area contributed by atoms with Crippen LogP contribution in [0.2, 0.25) is 4.34 Å². The summed E-state index contributed by atoms with van der Waals surface area (Å²) in [5, 5.41) is 3.10. The SMILES string of the molecule is I.NC(=NCCc1ccc(Cl)s1)N1CCN(c2nccs2)CC1. The fourth-order valence-electron chi connectivity index (χ4n) is 2.37. The molecule has 9 heteroatoms. The topological polar surface area (TPSA) is 57.8 Å². The van der Waals surface area contributed by atoms with Crippen molar-refractivity contribution in [2.75, 3.05) is 37.6 Å². The van der Waals surface area contributed by atoms with E-state index in [9.17, 15) is 0 Å². The first-order valence-corrected chi connectivity index (χ1v) is 9.23. The lowest BCUT2D eigenvalue weighted by Gasteiger charge is -2.35. The van der Waals surface area contributed by atoms with Crippen molar-refractivity contribution in [3.8, 4) is 0 Å². The van der Waals surface area contributed by atoms with Crippen molar-refractivity contribution in [3.05, 3.63) is 32.9 Å². The summed E-state index contributed by atoms with van der Waals surface area (Å²) < 4.78 is 0.824. The molecule has 3 heterocycles. The maximum atomic E-state index is 6.10. The van der Waals surface area contributed by atoms with Gasteiger partial charge in [0.15, 0.2) is 11.1 Å². The Morgan fingerprint density at radius 1 is 1.30 bits per heavy atom. The molecule has 1 aliphatic rings. The van der Waals surface area contributed by atoms with Gasteiger partial charge in [-0.15, -0.1) is 46.7 Å². The Kier molecular flexibility index (Phi) is 7.38. The van der Waals surface area contributed by atoms with E-state index in [-0.39, 0.29) is 24.0 Å². The van der Waals surface area contributed by atoms with Crippen LogP contribution < -0.4 is 10.6 Å². The van der Waals surface area contributed by atoms with Crippen molar-refractivity contribution in [3.63, 3.8) is 0 Å². The van der Waals surface area contributed by atoms with E-state index in [1.165, 1.54) is 4.88 Å². The van der Waals surface area contributed by atoms with Gasteiger partial charge < -0.3 is 15.5 Å². The number of thiazole rings is 1. The molecule has 0 aromatic carbocycles. The molecule has 0 aliphatic carbocycles. The van der Waals surface area contributed by atoms with Crippen LogP contribution in [-0.2, 0) is 6.42 Å². The molecule has 0 amide bonds. The number of halogens is 2. The van der Waals surface area contributed by atoms with E-state index in [1.807, 2.05) is 23.7 Å². The first-order chi connectivity index (χ1) is 10.7. The number of piperazine rings is 1. The van der Waals surface area contributed by atoms with Gasteiger partial charge in [0.2, 0.25) is 0 Å². The molecular formula is C14H19ClIN5S2. The summed E-state index contributed by atoms with van der Waals surface area (Å²) >= 11 is 9.20. The molecule has 5 nitrogen and oxygen atoms in total. The van der Waals surface area contributed by atoms with E-state index in [0.717, 1.165) is 42.1 Å². The second-order valence-electron chi connectivity index (χ2n) is 4.98. The number of nitrogens with zero attached hydrogens (tertiary/aromatic N) is 4. The van der Waals surface area contributed by atoms with E-state index in [4.69, 9.17) is 17.3 Å². The van der Waals surface area contributed by atoms with Gasteiger partial charge in [0.05, 0.1) is 4.34 Å². The molecule has 2 aromatic heterocycles. The highest BCUT2D eigenvalue weighted by Crippen LogP contribution is 2.22. The van der Waals surface area contributed by atoms with Crippen LogP contribution in [-0.4, -0.2) is 48.6 Å². The first-order valence-electron chi connectivity index (χ1n) is 7.16. The van der Waals surface area contributed by atoms with Crippen LogP contribution in [0.4, 0.5) is 5.13 Å². The lowest BCUT2D eigenvalue weighted by molar-refractivity contribution is 0.380. The van der Waals surface area contributed by atoms with E-state index in [2.05, 4.69) is 19.8 Å². The van der Waals surface area contributed by atoms with Gasteiger partial charge in [-0.3, -0.25) is 4.99 Å². The molecule has 0 saturated carbocycles. The number of aromatic nitrogens is 1.